The van der Waals surface area contributed by atoms with Crippen molar-refractivity contribution >= 4 is 39.8 Å². The van der Waals surface area contributed by atoms with Crippen LogP contribution in [0.3, 0.4) is 0 Å². The van der Waals surface area contributed by atoms with Crippen LogP contribution >= 0.6 is 23.1 Å². The molecule has 7 heteroatoms. The molecule has 0 aliphatic carbocycles. The number of thioether (sulfide) groups is 1. The molecule has 124 valence electrons. The number of benzene rings is 1. The van der Waals surface area contributed by atoms with E-state index in [9.17, 15) is 4.79 Å². The highest BCUT2D eigenvalue weighted by atomic mass is 32.2. The maximum absolute atomic E-state index is 12.0. The van der Waals surface area contributed by atoms with Gasteiger partial charge in [0.25, 0.3) is 0 Å². The van der Waals surface area contributed by atoms with Gasteiger partial charge in [-0.1, -0.05) is 56.0 Å². The Bertz CT molecular complexity index is 647. The predicted molar refractivity (Wildman–Crippen MR) is 98.6 cm³/mol. The lowest BCUT2D eigenvalue weighted by Crippen LogP contribution is -2.15. The van der Waals surface area contributed by atoms with Gasteiger partial charge in [0.2, 0.25) is 11.0 Å². The highest BCUT2D eigenvalue weighted by Gasteiger charge is 2.13. The molecule has 0 aliphatic rings. The molecule has 2 rings (SSSR count). The second kappa shape index (κ2) is 7.79. The summed E-state index contributed by atoms with van der Waals surface area (Å²) in [4.78, 5) is 12.0. The van der Waals surface area contributed by atoms with Crippen molar-refractivity contribution in [3.8, 4) is 0 Å². The third-order valence-corrected chi connectivity index (χ3v) is 5.11. The minimum atomic E-state index is -0.0429. The Morgan fingerprint density at radius 2 is 1.91 bits per heavy atom. The van der Waals surface area contributed by atoms with Gasteiger partial charge in [0, 0.05) is 12.2 Å². The summed E-state index contributed by atoms with van der Waals surface area (Å²) >= 11 is 2.85. The highest BCUT2D eigenvalue weighted by molar-refractivity contribution is 8.01. The molecule has 0 fully saturated rings. The van der Waals surface area contributed by atoms with Crippen molar-refractivity contribution in [2.75, 3.05) is 22.9 Å². The van der Waals surface area contributed by atoms with Crippen molar-refractivity contribution < 1.29 is 4.79 Å². The molecule has 5 nitrogen and oxygen atoms in total. The van der Waals surface area contributed by atoms with E-state index in [0.717, 1.165) is 21.7 Å². The first-order valence-electron chi connectivity index (χ1n) is 7.49. The molecule has 0 saturated carbocycles. The molecule has 23 heavy (non-hydrogen) atoms. The molecule has 2 aromatic rings. The third-order valence-electron chi connectivity index (χ3n) is 3.10. The van der Waals surface area contributed by atoms with Gasteiger partial charge < -0.3 is 10.6 Å². The Labute approximate surface area is 145 Å². The fourth-order valence-corrected chi connectivity index (χ4v) is 3.49. The van der Waals surface area contributed by atoms with Crippen LogP contribution in [-0.4, -0.2) is 28.4 Å². The summed E-state index contributed by atoms with van der Waals surface area (Å²) in [5.41, 5.74) is 2.17. The van der Waals surface area contributed by atoms with E-state index in [2.05, 4.69) is 53.7 Å². The molecule has 0 atom stereocenters. The number of carbonyl (C=O) groups is 1. The molecular formula is C16H22N4OS2. The molecule has 2 N–H and O–H groups in total. The van der Waals surface area contributed by atoms with Crippen LogP contribution in [0.2, 0.25) is 0 Å². The molecular weight excluding hydrogens is 328 g/mol. The Kier molecular flexibility index (Phi) is 6.01. The van der Waals surface area contributed by atoms with Crippen LogP contribution in [0.25, 0.3) is 0 Å². The zero-order chi connectivity index (χ0) is 16.9. The van der Waals surface area contributed by atoms with Crippen molar-refractivity contribution in [3.63, 3.8) is 0 Å². The van der Waals surface area contributed by atoms with Crippen molar-refractivity contribution in [3.05, 3.63) is 29.8 Å². The molecule has 0 unspecified atom stereocenters. The molecule has 1 heterocycles. The average molecular weight is 351 g/mol. The van der Waals surface area contributed by atoms with Crippen molar-refractivity contribution in [1.29, 1.82) is 0 Å². The number of carbonyl (C=O) groups excluding carboxylic acids is 1. The lowest BCUT2D eigenvalue weighted by atomic mass is 9.87. The van der Waals surface area contributed by atoms with Crippen molar-refractivity contribution in [2.24, 2.45) is 0 Å². The van der Waals surface area contributed by atoms with Crippen LogP contribution in [0.1, 0.15) is 33.3 Å². The lowest BCUT2D eigenvalue weighted by molar-refractivity contribution is -0.113. The van der Waals surface area contributed by atoms with E-state index in [4.69, 9.17) is 0 Å². The van der Waals surface area contributed by atoms with Crippen molar-refractivity contribution in [2.45, 2.75) is 37.4 Å². The minimum Gasteiger partial charge on any atom is -0.360 e. The van der Waals surface area contributed by atoms with Gasteiger partial charge in [-0.3, -0.25) is 4.79 Å². The summed E-state index contributed by atoms with van der Waals surface area (Å²) in [7, 11) is 0. The number of rotatable bonds is 6. The van der Waals surface area contributed by atoms with E-state index in [1.807, 2.05) is 19.1 Å². The SMILES string of the molecule is CCNc1nnc(SCC(=O)Nc2ccc(C(C)(C)C)cc2)s1. The van der Waals surface area contributed by atoms with Crippen LogP contribution in [0.5, 0.6) is 0 Å². The molecule has 0 radical (unpaired) electrons. The van der Waals surface area contributed by atoms with Crippen LogP contribution in [0.15, 0.2) is 28.6 Å². The number of hydrogen-bond donors (Lipinski definition) is 2. The second-order valence-corrected chi connectivity index (χ2v) is 8.27. The number of aromatic nitrogens is 2. The summed E-state index contributed by atoms with van der Waals surface area (Å²) in [5, 5.41) is 14.8. The zero-order valence-electron chi connectivity index (χ0n) is 13.8. The number of nitrogens with one attached hydrogen (secondary N) is 2. The topological polar surface area (TPSA) is 66.9 Å². The van der Waals surface area contributed by atoms with E-state index in [1.54, 1.807) is 0 Å². The largest absolute Gasteiger partial charge is 0.360 e. The Morgan fingerprint density at radius 3 is 2.52 bits per heavy atom. The van der Waals surface area contributed by atoms with Crippen molar-refractivity contribution in [1.82, 2.24) is 10.2 Å². The van der Waals surface area contributed by atoms with E-state index < -0.39 is 0 Å². The maximum atomic E-state index is 12.0. The average Bonchev–Trinajstić information content (AvgIpc) is 2.93. The summed E-state index contributed by atoms with van der Waals surface area (Å²) in [6, 6.07) is 7.99. The summed E-state index contributed by atoms with van der Waals surface area (Å²) in [6.07, 6.45) is 0. The van der Waals surface area contributed by atoms with E-state index >= 15 is 0 Å². The first-order chi connectivity index (χ1) is 10.9. The lowest BCUT2D eigenvalue weighted by Gasteiger charge is -2.19. The van der Waals surface area contributed by atoms with Gasteiger partial charge >= 0.3 is 0 Å². The van der Waals surface area contributed by atoms with Crippen LogP contribution in [0.4, 0.5) is 10.8 Å². The maximum Gasteiger partial charge on any atom is 0.234 e. The van der Waals surface area contributed by atoms with Gasteiger partial charge in [-0.15, -0.1) is 10.2 Å². The quantitative estimate of drug-likeness (QED) is 0.771. The monoisotopic (exact) mass is 350 g/mol. The molecule has 0 bridgehead atoms. The first kappa shape index (κ1) is 17.7. The number of nitrogens with zero attached hydrogens (tertiary/aromatic N) is 2. The van der Waals surface area contributed by atoms with Crippen LogP contribution < -0.4 is 10.6 Å². The van der Waals surface area contributed by atoms with E-state index in [1.165, 1.54) is 28.7 Å². The van der Waals surface area contributed by atoms with Gasteiger partial charge in [-0.25, -0.2) is 0 Å². The standard InChI is InChI=1S/C16H22N4OS2/c1-5-17-14-19-20-15(23-14)22-10-13(21)18-12-8-6-11(7-9-12)16(2,3)4/h6-9H,5,10H2,1-4H3,(H,17,19)(H,18,21). The number of amides is 1. The predicted octanol–water partition coefficient (Wildman–Crippen LogP) is 4.00. The van der Waals surface area contributed by atoms with Gasteiger partial charge in [0.1, 0.15) is 0 Å². The number of hydrogen-bond acceptors (Lipinski definition) is 6. The van der Waals surface area contributed by atoms with Crippen LogP contribution in [0, 0.1) is 0 Å². The smallest absolute Gasteiger partial charge is 0.234 e. The highest BCUT2D eigenvalue weighted by Crippen LogP contribution is 2.26. The molecule has 1 aromatic carbocycles. The van der Waals surface area contributed by atoms with Gasteiger partial charge in [0.15, 0.2) is 4.34 Å². The number of anilines is 2. The van der Waals surface area contributed by atoms with Gasteiger partial charge in [0.05, 0.1) is 5.75 Å². The fraction of sp³-hybridized carbons (Fsp3) is 0.438. The molecule has 1 aromatic heterocycles. The first-order valence-corrected chi connectivity index (χ1v) is 9.29. The third kappa shape index (κ3) is 5.51. The summed E-state index contributed by atoms with van der Waals surface area (Å²) < 4.78 is 0.791. The Balaban J connectivity index is 1.84. The summed E-state index contributed by atoms with van der Waals surface area (Å²) in [6.45, 7) is 9.32. The van der Waals surface area contributed by atoms with Gasteiger partial charge in [-0.2, -0.15) is 0 Å². The zero-order valence-corrected chi connectivity index (χ0v) is 15.5. The molecule has 0 saturated heterocycles. The van der Waals surface area contributed by atoms with Gasteiger partial charge in [-0.05, 0) is 30.0 Å². The molecule has 1 amide bonds. The Hall–Kier alpha value is -1.60. The van der Waals surface area contributed by atoms with E-state index in [0.29, 0.717) is 5.75 Å². The minimum absolute atomic E-state index is 0.0429. The van der Waals surface area contributed by atoms with E-state index in [-0.39, 0.29) is 11.3 Å². The second-order valence-electron chi connectivity index (χ2n) is 6.07. The molecule has 0 spiro atoms. The molecule has 0 aliphatic heterocycles. The normalized spacial score (nSPS) is 11.3. The van der Waals surface area contributed by atoms with Crippen LogP contribution in [-0.2, 0) is 10.2 Å². The fourth-order valence-electron chi connectivity index (χ4n) is 1.87. The summed E-state index contributed by atoms with van der Waals surface area (Å²) in [5.74, 6) is 0.278. The Morgan fingerprint density at radius 1 is 1.22 bits per heavy atom.